The summed E-state index contributed by atoms with van der Waals surface area (Å²) >= 11 is 11.9. The van der Waals surface area contributed by atoms with Crippen molar-refractivity contribution in [3.8, 4) is 11.3 Å². The fraction of sp³-hybridized carbons (Fsp3) is 0.0714. The standard InChI is InChI=1S/C14H10Cl2N2.BrH/c1-9-3-2-4-14-17-13(8-18(9)14)10-5-6-11(15)12(16)7-10;/h2-8H,1H3;1H. The van der Waals surface area contributed by atoms with Crippen molar-refractivity contribution >= 4 is 45.8 Å². The monoisotopic (exact) mass is 356 g/mol. The molecule has 0 unspecified atom stereocenters. The first-order valence-electron chi connectivity index (χ1n) is 5.55. The molecule has 0 atom stereocenters. The van der Waals surface area contributed by atoms with Gasteiger partial charge < -0.3 is 4.40 Å². The van der Waals surface area contributed by atoms with Crippen LogP contribution in [-0.2, 0) is 0 Å². The highest BCUT2D eigenvalue weighted by atomic mass is 79.9. The number of hydrogen-bond acceptors (Lipinski definition) is 1. The van der Waals surface area contributed by atoms with E-state index in [-0.39, 0.29) is 17.0 Å². The van der Waals surface area contributed by atoms with Crippen LogP contribution in [0.1, 0.15) is 5.69 Å². The molecule has 2 aromatic heterocycles. The van der Waals surface area contributed by atoms with Gasteiger partial charge in [-0.25, -0.2) is 4.98 Å². The average Bonchev–Trinajstić information content (AvgIpc) is 2.78. The van der Waals surface area contributed by atoms with Gasteiger partial charge in [0.25, 0.3) is 0 Å². The average molecular weight is 358 g/mol. The summed E-state index contributed by atoms with van der Waals surface area (Å²) in [7, 11) is 0. The fourth-order valence-corrected chi connectivity index (χ4v) is 2.24. The molecule has 0 aliphatic heterocycles. The molecule has 0 radical (unpaired) electrons. The fourth-order valence-electron chi connectivity index (χ4n) is 1.94. The van der Waals surface area contributed by atoms with Gasteiger partial charge in [0.1, 0.15) is 5.65 Å². The second-order valence-corrected chi connectivity index (χ2v) is 4.96. The number of fused-ring (bicyclic) bond motifs is 1. The smallest absolute Gasteiger partial charge is 0.137 e. The summed E-state index contributed by atoms with van der Waals surface area (Å²) in [5.41, 5.74) is 3.93. The van der Waals surface area contributed by atoms with Gasteiger partial charge in [-0.05, 0) is 31.2 Å². The predicted molar refractivity (Wildman–Crippen MR) is 85.7 cm³/mol. The summed E-state index contributed by atoms with van der Waals surface area (Å²) in [5, 5.41) is 1.10. The molecule has 0 saturated carbocycles. The maximum atomic E-state index is 6.03. The van der Waals surface area contributed by atoms with Crippen molar-refractivity contribution in [3.05, 3.63) is 58.3 Å². The zero-order valence-electron chi connectivity index (χ0n) is 10.1. The maximum Gasteiger partial charge on any atom is 0.137 e. The van der Waals surface area contributed by atoms with Crippen LogP contribution in [0.2, 0.25) is 10.0 Å². The zero-order chi connectivity index (χ0) is 12.7. The van der Waals surface area contributed by atoms with Crippen molar-refractivity contribution in [3.63, 3.8) is 0 Å². The van der Waals surface area contributed by atoms with Crippen LogP contribution < -0.4 is 0 Å². The topological polar surface area (TPSA) is 17.3 Å². The Morgan fingerprint density at radius 1 is 1.05 bits per heavy atom. The van der Waals surface area contributed by atoms with Crippen molar-refractivity contribution in [2.45, 2.75) is 6.92 Å². The van der Waals surface area contributed by atoms with Crippen LogP contribution in [0.3, 0.4) is 0 Å². The van der Waals surface area contributed by atoms with Gasteiger partial charge in [-0.1, -0.05) is 35.3 Å². The first-order valence-corrected chi connectivity index (χ1v) is 6.31. The molecular weight excluding hydrogens is 347 g/mol. The molecule has 0 N–H and O–H groups in total. The van der Waals surface area contributed by atoms with E-state index in [1.807, 2.05) is 43.5 Å². The van der Waals surface area contributed by atoms with Crippen LogP contribution in [0.25, 0.3) is 16.9 Å². The summed E-state index contributed by atoms with van der Waals surface area (Å²) in [4.78, 5) is 4.58. The van der Waals surface area contributed by atoms with Gasteiger partial charge in [-0.3, -0.25) is 0 Å². The quantitative estimate of drug-likeness (QED) is 0.585. The van der Waals surface area contributed by atoms with Crippen LogP contribution in [-0.4, -0.2) is 9.38 Å². The Labute approximate surface area is 131 Å². The Morgan fingerprint density at radius 2 is 1.84 bits per heavy atom. The second-order valence-electron chi connectivity index (χ2n) is 4.15. The third-order valence-corrected chi connectivity index (χ3v) is 3.65. The largest absolute Gasteiger partial charge is 0.304 e. The van der Waals surface area contributed by atoms with E-state index in [0.29, 0.717) is 10.0 Å². The lowest BCUT2D eigenvalue weighted by molar-refractivity contribution is 1.09. The zero-order valence-corrected chi connectivity index (χ0v) is 13.3. The van der Waals surface area contributed by atoms with Gasteiger partial charge in [-0.2, -0.15) is 0 Å². The number of pyridine rings is 1. The molecule has 3 aromatic rings. The Kier molecular flexibility index (Phi) is 4.19. The van der Waals surface area contributed by atoms with Gasteiger partial charge in [0.05, 0.1) is 15.7 Å². The van der Waals surface area contributed by atoms with Crippen LogP contribution >= 0.6 is 40.2 Å². The highest BCUT2D eigenvalue weighted by Crippen LogP contribution is 2.28. The van der Waals surface area contributed by atoms with Gasteiger partial charge in [-0.15, -0.1) is 17.0 Å². The van der Waals surface area contributed by atoms with Crippen LogP contribution in [0.5, 0.6) is 0 Å². The number of imidazole rings is 1. The molecule has 3 rings (SSSR count). The van der Waals surface area contributed by atoms with E-state index in [9.17, 15) is 0 Å². The molecular formula is C14H11BrCl2N2. The van der Waals surface area contributed by atoms with E-state index in [1.54, 1.807) is 6.07 Å². The summed E-state index contributed by atoms with van der Waals surface area (Å²) in [5.74, 6) is 0. The van der Waals surface area contributed by atoms with Crippen molar-refractivity contribution in [2.75, 3.05) is 0 Å². The molecule has 0 spiro atoms. The van der Waals surface area contributed by atoms with E-state index in [4.69, 9.17) is 23.2 Å². The van der Waals surface area contributed by atoms with Crippen molar-refractivity contribution < 1.29 is 0 Å². The molecule has 0 aliphatic rings. The van der Waals surface area contributed by atoms with E-state index in [2.05, 4.69) is 9.38 Å². The van der Waals surface area contributed by atoms with Gasteiger partial charge in [0, 0.05) is 17.5 Å². The van der Waals surface area contributed by atoms with Crippen molar-refractivity contribution in [1.29, 1.82) is 0 Å². The van der Waals surface area contributed by atoms with E-state index < -0.39 is 0 Å². The number of aryl methyl sites for hydroxylation is 1. The predicted octanol–water partition coefficient (Wildman–Crippen LogP) is 5.19. The first kappa shape index (κ1) is 14.4. The summed E-state index contributed by atoms with van der Waals surface area (Å²) in [6.07, 6.45) is 2.00. The van der Waals surface area contributed by atoms with E-state index >= 15 is 0 Å². The van der Waals surface area contributed by atoms with E-state index in [0.717, 1.165) is 22.6 Å². The molecule has 98 valence electrons. The van der Waals surface area contributed by atoms with Crippen LogP contribution in [0, 0.1) is 6.92 Å². The van der Waals surface area contributed by atoms with Crippen LogP contribution in [0.15, 0.2) is 42.6 Å². The lowest BCUT2D eigenvalue weighted by Crippen LogP contribution is -1.86. The molecule has 0 saturated heterocycles. The minimum Gasteiger partial charge on any atom is -0.304 e. The molecule has 0 aliphatic carbocycles. The van der Waals surface area contributed by atoms with E-state index in [1.165, 1.54) is 0 Å². The molecule has 0 fully saturated rings. The Hall–Kier alpha value is -1.03. The number of hydrogen-bond donors (Lipinski definition) is 0. The second kappa shape index (κ2) is 5.53. The third-order valence-electron chi connectivity index (χ3n) is 2.91. The molecule has 1 aromatic carbocycles. The molecule has 19 heavy (non-hydrogen) atoms. The summed E-state index contributed by atoms with van der Waals surface area (Å²) in [6.45, 7) is 2.05. The molecule has 5 heteroatoms. The number of halogens is 3. The highest BCUT2D eigenvalue weighted by molar-refractivity contribution is 8.93. The minimum atomic E-state index is 0. The van der Waals surface area contributed by atoms with Gasteiger partial charge >= 0.3 is 0 Å². The SMILES string of the molecule is Br.Cc1cccc2nc(-c3ccc(Cl)c(Cl)c3)cn12. The molecule has 2 heterocycles. The maximum absolute atomic E-state index is 6.03. The van der Waals surface area contributed by atoms with Gasteiger partial charge in [0.15, 0.2) is 0 Å². The number of rotatable bonds is 1. The summed E-state index contributed by atoms with van der Waals surface area (Å²) < 4.78 is 2.05. The van der Waals surface area contributed by atoms with Crippen molar-refractivity contribution in [1.82, 2.24) is 9.38 Å². The highest BCUT2D eigenvalue weighted by Gasteiger charge is 2.07. The number of benzene rings is 1. The Bertz CT molecular complexity index is 737. The van der Waals surface area contributed by atoms with Crippen LogP contribution in [0.4, 0.5) is 0 Å². The van der Waals surface area contributed by atoms with Crippen molar-refractivity contribution in [2.24, 2.45) is 0 Å². The lowest BCUT2D eigenvalue weighted by Gasteiger charge is -1.99. The molecule has 0 amide bonds. The molecule has 0 bridgehead atoms. The normalized spacial score (nSPS) is 10.5. The lowest BCUT2D eigenvalue weighted by atomic mass is 10.2. The number of nitrogens with zero attached hydrogens (tertiary/aromatic N) is 2. The number of aromatic nitrogens is 2. The first-order chi connectivity index (χ1) is 8.65. The Balaban J connectivity index is 0.00000133. The Morgan fingerprint density at radius 3 is 2.53 bits per heavy atom. The minimum absolute atomic E-state index is 0. The summed E-state index contributed by atoms with van der Waals surface area (Å²) in [6, 6.07) is 11.6. The van der Waals surface area contributed by atoms with Gasteiger partial charge in [0.2, 0.25) is 0 Å². The molecule has 2 nitrogen and oxygen atoms in total. The third kappa shape index (κ3) is 2.64.